The van der Waals surface area contributed by atoms with Gasteiger partial charge < -0.3 is 4.74 Å². The molecule has 0 amide bonds. The number of ether oxygens (including phenoxy) is 1. The highest BCUT2D eigenvalue weighted by atomic mass is 32.1. The fraction of sp³-hybridized carbons (Fsp3) is 0.714. The van der Waals surface area contributed by atoms with Crippen LogP contribution in [0.2, 0.25) is 0 Å². The van der Waals surface area contributed by atoms with E-state index >= 15 is 0 Å². The monoisotopic (exact) mass is 458 g/mol. The largest absolute Gasteiger partial charge is 0.494 e. The molecular weight excluding hydrogens is 412 g/mol. The van der Waals surface area contributed by atoms with E-state index in [2.05, 4.69) is 62.2 Å². The number of hydrogen-bond acceptors (Lipinski definition) is 4. The average molecular weight is 459 g/mol. The summed E-state index contributed by atoms with van der Waals surface area (Å²) in [5, 5.41) is 11.0. The number of rotatable bonds is 18. The van der Waals surface area contributed by atoms with Crippen LogP contribution in [0.4, 0.5) is 0 Å². The van der Waals surface area contributed by atoms with E-state index in [-0.39, 0.29) is 0 Å². The molecule has 0 aliphatic heterocycles. The van der Waals surface area contributed by atoms with E-state index < -0.39 is 0 Å². The zero-order valence-electron chi connectivity index (χ0n) is 21.1. The number of aryl methyl sites for hydroxylation is 1. The molecule has 180 valence electrons. The lowest BCUT2D eigenvalue weighted by Gasteiger charge is -2.24. The molecule has 32 heavy (non-hydrogen) atoms. The molecule has 0 aliphatic rings. The Balaban J connectivity index is 1.61. The maximum absolute atomic E-state index is 5.96. The van der Waals surface area contributed by atoms with Gasteiger partial charge in [0.25, 0.3) is 0 Å². The summed E-state index contributed by atoms with van der Waals surface area (Å²) < 4.78 is 5.96. The van der Waals surface area contributed by atoms with Crippen LogP contribution in [-0.2, 0) is 6.42 Å². The van der Waals surface area contributed by atoms with Crippen LogP contribution < -0.4 is 4.74 Å². The standard InChI is InChI=1S/C28H46N2OS/c1-5-7-9-10-13-16-26-29-30-27(32-26)24-17-19-25(20-18-24)31-23-15-12-11-14-22-28(3,4)21-8-6-2/h17-20H,5-16,21-23H2,1-4H3. The molecule has 0 saturated carbocycles. The lowest BCUT2D eigenvalue weighted by molar-refractivity contribution is 0.277. The van der Waals surface area contributed by atoms with Crippen LogP contribution in [0.15, 0.2) is 24.3 Å². The molecule has 2 aromatic rings. The molecule has 1 aromatic carbocycles. The molecule has 0 atom stereocenters. The van der Waals surface area contributed by atoms with E-state index in [0.717, 1.165) is 40.8 Å². The molecule has 0 radical (unpaired) electrons. The molecule has 0 spiro atoms. The van der Waals surface area contributed by atoms with Crippen molar-refractivity contribution in [2.24, 2.45) is 5.41 Å². The number of hydrogen-bond donors (Lipinski definition) is 0. The van der Waals surface area contributed by atoms with Crippen molar-refractivity contribution < 1.29 is 4.74 Å². The van der Waals surface area contributed by atoms with Gasteiger partial charge in [0.2, 0.25) is 0 Å². The van der Waals surface area contributed by atoms with Gasteiger partial charge in [0, 0.05) is 12.0 Å². The van der Waals surface area contributed by atoms with Crippen LogP contribution in [0, 0.1) is 5.41 Å². The molecular formula is C28H46N2OS. The third-order valence-electron chi connectivity index (χ3n) is 6.29. The first-order valence-electron chi connectivity index (χ1n) is 13.1. The van der Waals surface area contributed by atoms with Gasteiger partial charge in [-0.1, -0.05) is 96.8 Å². The third-order valence-corrected chi connectivity index (χ3v) is 7.32. The fourth-order valence-corrected chi connectivity index (χ4v) is 4.96. The van der Waals surface area contributed by atoms with Crippen molar-refractivity contribution in [2.45, 2.75) is 118 Å². The van der Waals surface area contributed by atoms with Gasteiger partial charge in [-0.15, -0.1) is 10.2 Å². The molecule has 0 fully saturated rings. The Morgan fingerprint density at radius 1 is 0.750 bits per heavy atom. The lowest BCUT2D eigenvalue weighted by atomic mass is 9.82. The maximum atomic E-state index is 5.96. The lowest BCUT2D eigenvalue weighted by Crippen LogP contribution is -2.10. The van der Waals surface area contributed by atoms with Gasteiger partial charge in [0.05, 0.1) is 6.61 Å². The van der Waals surface area contributed by atoms with Crippen molar-refractivity contribution in [1.82, 2.24) is 10.2 Å². The van der Waals surface area contributed by atoms with Crippen molar-refractivity contribution in [1.29, 1.82) is 0 Å². The number of aromatic nitrogens is 2. The van der Waals surface area contributed by atoms with Crippen molar-refractivity contribution >= 4 is 11.3 Å². The molecule has 0 aliphatic carbocycles. The normalized spacial score (nSPS) is 11.8. The molecule has 0 unspecified atom stereocenters. The molecule has 1 aromatic heterocycles. The Bertz CT molecular complexity index is 723. The molecule has 0 N–H and O–H groups in total. The topological polar surface area (TPSA) is 35.0 Å². The Morgan fingerprint density at radius 3 is 2.16 bits per heavy atom. The summed E-state index contributed by atoms with van der Waals surface area (Å²) >= 11 is 1.73. The van der Waals surface area contributed by atoms with Gasteiger partial charge in [-0.25, -0.2) is 0 Å². The van der Waals surface area contributed by atoms with E-state index in [1.807, 2.05) is 0 Å². The Hall–Kier alpha value is -1.42. The minimum absolute atomic E-state index is 0.511. The van der Waals surface area contributed by atoms with Crippen molar-refractivity contribution in [3.8, 4) is 16.3 Å². The van der Waals surface area contributed by atoms with Crippen molar-refractivity contribution in [3.05, 3.63) is 29.3 Å². The minimum atomic E-state index is 0.511. The Labute approximate surface area is 201 Å². The number of unbranched alkanes of at least 4 members (excludes halogenated alkanes) is 8. The average Bonchev–Trinajstić information content (AvgIpc) is 3.26. The van der Waals surface area contributed by atoms with Crippen LogP contribution in [-0.4, -0.2) is 16.8 Å². The first-order chi connectivity index (χ1) is 15.5. The summed E-state index contributed by atoms with van der Waals surface area (Å²) in [7, 11) is 0. The van der Waals surface area contributed by atoms with Gasteiger partial charge in [-0.2, -0.15) is 0 Å². The SMILES string of the molecule is CCCCCCCc1nnc(-c2ccc(OCCCCCCC(C)(C)CCCC)cc2)s1. The maximum Gasteiger partial charge on any atom is 0.147 e. The molecule has 0 bridgehead atoms. The molecule has 2 rings (SSSR count). The summed E-state index contributed by atoms with van der Waals surface area (Å²) in [6.45, 7) is 10.2. The smallest absolute Gasteiger partial charge is 0.147 e. The second kappa shape index (κ2) is 15.4. The molecule has 0 saturated heterocycles. The van der Waals surface area contributed by atoms with Gasteiger partial charge >= 0.3 is 0 Å². The van der Waals surface area contributed by atoms with Gasteiger partial charge in [-0.3, -0.25) is 0 Å². The zero-order valence-corrected chi connectivity index (χ0v) is 21.9. The van der Waals surface area contributed by atoms with Crippen LogP contribution in [0.3, 0.4) is 0 Å². The van der Waals surface area contributed by atoms with E-state index in [4.69, 9.17) is 4.74 Å². The van der Waals surface area contributed by atoms with Crippen molar-refractivity contribution in [2.75, 3.05) is 6.61 Å². The van der Waals surface area contributed by atoms with Crippen molar-refractivity contribution in [3.63, 3.8) is 0 Å². The van der Waals surface area contributed by atoms with Gasteiger partial charge in [0.1, 0.15) is 15.8 Å². The van der Waals surface area contributed by atoms with Crippen LogP contribution >= 0.6 is 11.3 Å². The van der Waals surface area contributed by atoms with Gasteiger partial charge in [0.15, 0.2) is 0 Å². The van der Waals surface area contributed by atoms with E-state index in [1.165, 1.54) is 77.0 Å². The molecule has 3 nitrogen and oxygen atoms in total. The Kier molecular flexibility index (Phi) is 12.9. The van der Waals surface area contributed by atoms with E-state index in [9.17, 15) is 0 Å². The third kappa shape index (κ3) is 10.9. The second-order valence-electron chi connectivity index (χ2n) is 9.97. The highest BCUT2D eigenvalue weighted by Gasteiger charge is 2.16. The van der Waals surface area contributed by atoms with Crippen LogP contribution in [0.25, 0.3) is 10.6 Å². The van der Waals surface area contributed by atoms with E-state index in [0.29, 0.717) is 5.41 Å². The molecule has 4 heteroatoms. The summed E-state index contributed by atoms with van der Waals surface area (Å²) in [5.74, 6) is 0.954. The van der Waals surface area contributed by atoms with Crippen LogP contribution in [0.5, 0.6) is 5.75 Å². The summed E-state index contributed by atoms with van der Waals surface area (Å²) in [5.41, 5.74) is 1.65. The summed E-state index contributed by atoms with van der Waals surface area (Å²) in [6.07, 6.45) is 18.0. The number of nitrogens with zero attached hydrogens (tertiary/aromatic N) is 2. The fourth-order valence-electron chi connectivity index (χ4n) is 4.07. The highest BCUT2D eigenvalue weighted by Crippen LogP contribution is 2.30. The highest BCUT2D eigenvalue weighted by molar-refractivity contribution is 7.14. The summed E-state index contributed by atoms with van der Waals surface area (Å²) in [6, 6.07) is 8.35. The second-order valence-corrected chi connectivity index (χ2v) is 11.0. The first-order valence-corrected chi connectivity index (χ1v) is 13.9. The zero-order chi connectivity index (χ0) is 23.1. The molecule has 1 heterocycles. The quantitative estimate of drug-likeness (QED) is 0.209. The first kappa shape index (κ1) is 26.8. The predicted molar refractivity (Wildman–Crippen MR) is 140 cm³/mol. The summed E-state index contributed by atoms with van der Waals surface area (Å²) in [4.78, 5) is 0. The van der Waals surface area contributed by atoms with Gasteiger partial charge in [-0.05, 0) is 55.4 Å². The van der Waals surface area contributed by atoms with E-state index in [1.54, 1.807) is 11.3 Å². The van der Waals surface area contributed by atoms with Crippen LogP contribution in [0.1, 0.15) is 116 Å². The number of benzene rings is 1. The Morgan fingerprint density at radius 2 is 1.41 bits per heavy atom. The predicted octanol–water partition coefficient (Wildman–Crippen LogP) is 9.26. The minimum Gasteiger partial charge on any atom is -0.494 e.